The summed E-state index contributed by atoms with van der Waals surface area (Å²) in [6.07, 6.45) is 8.12. The third-order valence-electron chi connectivity index (χ3n) is 5.22. The van der Waals surface area contributed by atoms with Gasteiger partial charge in [-0.15, -0.1) is 0 Å². The zero-order valence-corrected chi connectivity index (χ0v) is 17.6. The molecule has 0 fully saturated rings. The van der Waals surface area contributed by atoms with Gasteiger partial charge in [-0.3, -0.25) is 0 Å². The maximum Gasteiger partial charge on any atom is 0.504 e. The zero-order valence-electron chi connectivity index (χ0n) is 17.6. The third kappa shape index (κ3) is 5.62. The van der Waals surface area contributed by atoms with Gasteiger partial charge in [0.1, 0.15) is 5.75 Å². The molecule has 0 bridgehead atoms. The molecule has 0 aliphatic carbocycles. The molecule has 32 heavy (non-hydrogen) atoms. The highest BCUT2D eigenvalue weighted by atomic mass is 16.5. The van der Waals surface area contributed by atoms with Crippen molar-refractivity contribution < 1.29 is 28.9 Å². The lowest BCUT2D eigenvalue weighted by molar-refractivity contribution is -0.688. The molecule has 8 heteroatoms. The highest BCUT2D eigenvalue weighted by Gasteiger charge is 2.12. The average Bonchev–Trinajstić information content (AvgIpc) is 2.81. The molecule has 0 aliphatic rings. The molecule has 0 saturated carbocycles. The van der Waals surface area contributed by atoms with E-state index in [0.717, 1.165) is 22.3 Å². The normalized spacial score (nSPS) is 10.6. The molecule has 2 aromatic carbocycles. The Morgan fingerprint density at radius 3 is 1.78 bits per heavy atom. The summed E-state index contributed by atoms with van der Waals surface area (Å²) < 4.78 is 9.29. The summed E-state index contributed by atoms with van der Waals surface area (Å²) in [4.78, 5) is 0. The summed E-state index contributed by atoms with van der Waals surface area (Å²) in [5.41, 5.74) is 4.82. The molecule has 3 N–H and O–H groups in total. The molecule has 4 aromatic rings. The molecule has 158 valence electrons. The van der Waals surface area contributed by atoms with Crippen LogP contribution in [0.4, 0.5) is 0 Å². The van der Waals surface area contributed by atoms with Crippen LogP contribution in [0.1, 0.15) is 11.1 Å². The maximum atomic E-state index is 9.35. The van der Waals surface area contributed by atoms with Gasteiger partial charge in [-0.25, -0.2) is 9.13 Å². The van der Waals surface area contributed by atoms with Crippen molar-refractivity contribution in [2.24, 2.45) is 0 Å². The molecular formula is C24H24B2N2O4+2. The van der Waals surface area contributed by atoms with E-state index in [9.17, 15) is 10.0 Å². The number of hydrogen-bond acceptors (Lipinski definition) is 4. The van der Waals surface area contributed by atoms with Crippen LogP contribution < -0.4 is 19.3 Å². The summed E-state index contributed by atoms with van der Waals surface area (Å²) in [5.74, 6) is 0.652. The second-order valence-electron chi connectivity index (χ2n) is 7.56. The molecule has 0 amide bonds. The topological polar surface area (TPSA) is 77.7 Å². The number of pyridine rings is 2. The summed E-state index contributed by atoms with van der Waals surface area (Å²) in [6, 6.07) is 23.3. The minimum Gasteiger partial charge on any atom is -0.539 e. The Morgan fingerprint density at radius 2 is 1.25 bits per heavy atom. The largest absolute Gasteiger partial charge is 0.539 e. The molecule has 0 unspecified atom stereocenters. The van der Waals surface area contributed by atoms with E-state index in [1.54, 1.807) is 12.1 Å². The van der Waals surface area contributed by atoms with E-state index in [2.05, 4.69) is 33.4 Å². The number of nitrogens with zero attached hydrogens (tertiary/aromatic N) is 2. The summed E-state index contributed by atoms with van der Waals surface area (Å²) in [5, 5.41) is 27.6. The predicted molar refractivity (Wildman–Crippen MR) is 123 cm³/mol. The average molecular weight is 426 g/mol. The van der Waals surface area contributed by atoms with E-state index >= 15 is 0 Å². The van der Waals surface area contributed by atoms with Crippen LogP contribution in [0.15, 0.2) is 97.6 Å². The minimum absolute atomic E-state index is 0.333. The van der Waals surface area contributed by atoms with Crippen molar-refractivity contribution in [3.05, 3.63) is 109 Å². The van der Waals surface area contributed by atoms with Crippen molar-refractivity contribution >= 4 is 20.3 Å². The van der Waals surface area contributed by atoms with E-state index in [1.165, 1.54) is 0 Å². The van der Waals surface area contributed by atoms with E-state index in [-0.39, 0.29) is 7.69 Å². The molecule has 2 heterocycles. The van der Waals surface area contributed by atoms with Gasteiger partial charge in [0, 0.05) is 35.4 Å². The van der Waals surface area contributed by atoms with Crippen molar-refractivity contribution in [3.8, 4) is 16.9 Å². The van der Waals surface area contributed by atoms with E-state index in [1.807, 2.05) is 61.2 Å². The second kappa shape index (κ2) is 10.2. The first-order valence-electron chi connectivity index (χ1n) is 10.4. The smallest absolute Gasteiger partial charge is 0.504 e. The van der Waals surface area contributed by atoms with Crippen molar-refractivity contribution in [2.75, 3.05) is 0 Å². The lowest BCUT2D eigenvalue weighted by Gasteiger charge is -2.05. The van der Waals surface area contributed by atoms with Gasteiger partial charge in [-0.05, 0) is 28.7 Å². The Kier molecular flexibility index (Phi) is 6.97. The Hall–Kier alpha value is -3.45. The molecule has 0 aliphatic heterocycles. The van der Waals surface area contributed by atoms with Crippen LogP contribution in [0.2, 0.25) is 0 Å². The lowest BCUT2D eigenvalue weighted by atomic mass is 9.79. The first-order valence-corrected chi connectivity index (χ1v) is 10.4. The summed E-state index contributed by atoms with van der Waals surface area (Å²) >= 11 is 0. The van der Waals surface area contributed by atoms with Crippen LogP contribution in [0.3, 0.4) is 0 Å². The monoisotopic (exact) mass is 426 g/mol. The molecule has 0 atom stereocenters. The van der Waals surface area contributed by atoms with E-state index < -0.39 is 7.12 Å². The van der Waals surface area contributed by atoms with Gasteiger partial charge < -0.3 is 19.7 Å². The molecular weight excluding hydrogens is 402 g/mol. The number of benzene rings is 2. The van der Waals surface area contributed by atoms with Crippen molar-refractivity contribution in [3.63, 3.8) is 0 Å². The third-order valence-corrected chi connectivity index (χ3v) is 5.22. The Labute approximate surface area is 188 Å². The van der Waals surface area contributed by atoms with Crippen LogP contribution in [-0.2, 0) is 13.1 Å². The van der Waals surface area contributed by atoms with Crippen molar-refractivity contribution in [2.45, 2.75) is 13.1 Å². The molecule has 0 radical (unpaired) electrons. The van der Waals surface area contributed by atoms with Crippen LogP contribution in [0.5, 0.6) is 5.75 Å². The molecule has 4 rings (SSSR count). The van der Waals surface area contributed by atoms with Crippen LogP contribution in [-0.4, -0.2) is 29.9 Å². The van der Waals surface area contributed by atoms with Gasteiger partial charge in [0.2, 0.25) is 0 Å². The van der Waals surface area contributed by atoms with Crippen LogP contribution in [0.25, 0.3) is 11.1 Å². The molecule has 6 nitrogen and oxygen atoms in total. The van der Waals surface area contributed by atoms with E-state index in [0.29, 0.717) is 24.3 Å². The standard InChI is InChI=1S/C24H24B2N2O4/c29-25-32-24-6-2-4-20(16-24)18-28-13-9-22(10-14-28)21-7-11-27(12-8-21)17-19-3-1-5-23(15-19)26(30)31/h1-16,25,29-31H,17-18H2/q+2. The summed E-state index contributed by atoms with van der Waals surface area (Å²) in [7, 11) is -1.79. The predicted octanol–water partition coefficient (Wildman–Crippen LogP) is 0.343. The maximum absolute atomic E-state index is 9.35. The van der Waals surface area contributed by atoms with Gasteiger partial charge in [0.05, 0.1) is 0 Å². The highest BCUT2D eigenvalue weighted by molar-refractivity contribution is 6.58. The zero-order chi connectivity index (χ0) is 22.3. The Morgan fingerprint density at radius 1 is 0.719 bits per heavy atom. The van der Waals surface area contributed by atoms with Gasteiger partial charge in [0.25, 0.3) is 0 Å². The molecule has 0 spiro atoms. The van der Waals surface area contributed by atoms with Crippen LogP contribution in [0, 0.1) is 0 Å². The lowest BCUT2D eigenvalue weighted by Crippen LogP contribution is -2.35. The SMILES string of the molecule is OBOc1cccc(C[n+]2ccc(-c3cc[n+](Cc4cccc(B(O)O)c4)cc3)cc2)c1. The summed E-state index contributed by atoms with van der Waals surface area (Å²) in [6.45, 7) is 1.36. The number of rotatable bonds is 8. The van der Waals surface area contributed by atoms with Crippen LogP contribution >= 0.6 is 0 Å². The van der Waals surface area contributed by atoms with Gasteiger partial charge >= 0.3 is 14.8 Å². The second-order valence-corrected chi connectivity index (χ2v) is 7.56. The van der Waals surface area contributed by atoms with Gasteiger partial charge in [-0.1, -0.05) is 36.4 Å². The van der Waals surface area contributed by atoms with Crippen molar-refractivity contribution in [1.82, 2.24) is 0 Å². The number of aromatic nitrogens is 2. The quantitative estimate of drug-likeness (QED) is 0.281. The minimum atomic E-state index is -1.46. The fourth-order valence-electron chi connectivity index (χ4n) is 3.59. The Bertz CT molecular complexity index is 1170. The Balaban J connectivity index is 1.42. The number of hydrogen-bond donors (Lipinski definition) is 3. The van der Waals surface area contributed by atoms with Crippen molar-refractivity contribution in [1.29, 1.82) is 0 Å². The van der Waals surface area contributed by atoms with E-state index in [4.69, 9.17) is 9.68 Å². The highest BCUT2D eigenvalue weighted by Crippen LogP contribution is 2.16. The first-order chi connectivity index (χ1) is 15.6. The fourth-order valence-corrected chi connectivity index (χ4v) is 3.59. The first kappa shape index (κ1) is 21.8. The van der Waals surface area contributed by atoms with Gasteiger partial charge in [0.15, 0.2) is 37.9 Å². The molecule has 0 saturated heterocycles. The van der Waals surface area contributed by atoms with Gasteiger partial charge in [-0.2, -0.15) is 0 Å². The fraction of sp³-hybridized carbons (Fsp3) is 0.0833. The molecule has 2 aromatic heterocycles.